The van der Waals surface area contributed by atoms with Crippen molar-refractivity contribution in [3.05, 3.63) is 41.1 Å². The van der Waals surface area contributed by atoms with Crippen LogP contribution in [0, 0.1) is 5.92 Å². The maximum absolute atomic E-state index is 12.6. The number of fused-ring (bicyclic) bond motifs is 1. The second-order valence-corrected chi connectivity index (χ2v) is 7.20. The second-order valence-electron chi connectivity index (χ2n) is 7.20. The van der Waals surface area contributed by atoms with Crippen LogP contribution in [0.2, 0.25) is 0 Å². The topological polar surface area (TPSA) is 101 Å². The number of aryl methyl sites for hydroxylation is 1. The predicted octanol–water partition coefficient (Wildman–Crippen LogP) is 1.43. The van der Waals surface area contributed by atoms with Gasteiger partial charge >= 0.3 is 0 Å². The van der Waals surface area contributed by atoms with E-state index in [0.29, 0.717) is 12.3 Å². The lowest BCUT2D eigenvalue weighted by molar-refractivity contribution is -0.138. The molecule has 1 aliphatic carbocycles. The smallest absolute Gasteiger partial charge is 0.287 e. The molecule has 2 amide bonds. The molecular formula is C19H24N4O4. The largest absolute Gasteiger partial charge is 0.453 e. The van der Waals surface area contributed by atoms with E-state index in [1.54, 1.807) is 6.07 Å². The number of hydrogen-bond acceptors (Lipinski definition) is 5. The zero-order valence-electron chi connectivity index (χ0n) is 15.2. The molecule has 8 nitrogen and oxygen atoms in total. The van der Waals surface area contributed by atoms with Crippen LogP contribution in [0.3, 0.4) is 0 Å². The van der Waals surface area contributed by atoms with E-state index >= 15 is 0 Å². The molecular weight excluding hydrogens is 348 g/mol. The fourth-order valence-electron chi connectivity index (χ4n) is 3.55. The lowest BCUT2D eigenvalue weighted by Crippen LogP contribution is -2.38. The van der Waals surface area contributed by atoms with Gasteiger partial charge in [-0.05, 0) is 37.5 Å². The average Bonchev–Trinajstić information content (AvgIpc) is 3.20. The van der Waals surface area contributed by atoms with Crippen molar-refractivity contribution >= 4 is 11.8 Å². The highest BCUT2D eigenvalue weighted by atomic mass is 16.4. The quantitative estimate of drug-likeness (QED) is 0.827. The molecule has 1 fully saturated rings. The SMILES string of the molecule is O=C(NCc1cc2n(n1)CCCN(C(=O)C1CCC1)C2)c1ccc(CO)o1. The fraction of sp³-hybridized carbons (Fsp3) is 0.526. The maximum atomic E-state index is 12.6. The van der Waals surface area contributed by atoms with Gasteiger partial charge < -0.3 is 19.7 Å². The molecule has 4 rings (SSSR count). The molecule has 8 heteroatoms. The molecule has 2 aromatic rings. The van der Waals surface area contributed by atoms with E-state index in [4.69, 9.17) is 9.52 Å². The second kappa shape index (κ2) is 7.56. The summed E-state index contributed by atoms with van der Waals surface area (Å²) in [5.74, 6) is 0.639. The first-order valence-corrected chi connectivity index (χ1v) is 9.46. The Hall–Kier alpha value is -2.61. The van der Waals surface area contributed by atoms with Gasteiger partial charge in [-0.15, -0.1) is 0 Å². The Balaban J connectivity index is 1.38. The van der Waals surface area contributed by atoms with Crippen LogP contribution in [-0.2, 0) is 31.0 Å². The van der Waals surface area contributed by atoms with Crippen LogP contribution in [-0.4, -0.2) is 38.1 Å². The highest BCUT2D eigenvalue weighted by Crippen LogP contribution is 2.29. The van der Waals surface area contributed by atoms with Gasteiger partial charge in [-0.3, -0.25) is 14.3 Å². The third-order valence-electron chi connectivity index (χ3n) is 5.30. The molecule has 2 N–H and O–H groups in total. The van der Waals surface area contributed by atoms with E-state index in [0.717, 1.165) is 50.2 Å². The molecule has 2 aliphatic rings. The van der Waals surface area contributed by atoms with E-state index in [1.807, 2.05) is 15.6 Å². The summed E-state index contributed by atoms with van der Waals surface area (Å²) < 4.78 is 7.16. The number of aromatic nitrogens is 2. The Bertz CT molecular complexity index is 837. The summed E-state index contributed by atoms with van der Waals surface area (Å²) in [5.41, 5.74) is 1.76. The summed E-state index contributed by atoms with van der Waals surface area (Å²) in [5, 5.41) is 16.3. The number of nitrogens with zero attached hydrogens (tertiary/aromatic N) is 3. The van der Waals surface area contributed by atoms with E-state index in [-0.39, 0.29) is 36.6 Å². The molecule has 0 bridgehead atoms. The maximum Gasteiger partial charge on any atom is 0.287 e. The number of aliphatic hydroxyl groups excluding tert-OH is 1. The fourth-order valence-corrected chi connectivity index (χ4v) is 3.55. The summed E-state index contributed by atoms with van der Waals surface area (Å²) in [6, 6.07) is 5.06. The van der Waals surface area contributed by atoms with Crippen molar-refractivity contribution < 1.29 is 19.1 Å². The Morgan fingerprint density at radius 1 is 1.26 bits per heavy atom. The number of amides is 2. The van der Waals surface area contributed by atoms with E-state index in [1.165, 1.54) is 6.07 Å². The molecule has 0 unspecified atom stereocenters. The minimum absolute atomic E-state index is 0.164. The number of rotatable bonds is 5. The van der Waals surface area contributed by atoms with E-state index in [9.17, 15) is 9.59 Å². The monoisotopic (exact) mass is 372 g/mol. The molecule has 1 aliphatic heterocycles. The third-order valence-corrected chi connectivity index (χ3v) is 5.30. The third kappa shape index (κ3) is 3.75. The van der Waals surface area contributed by atoms with Gasteiger partial charge in [-0.2, -0.15) is 5.10 Å². The van der Waals surface area contributed by atoms with E-state index in [2.05, 4.69) is 10.4 Å². The highest BCUT2D eigenvalue weighted by molar-refractivity contribution is 5.91. The zero-order valence-corrected chi connectivity index (χ0v) is 15.2. The van der Waals surface area contributed by atoms with Crippen LogP contribution in [0.15, 0.2) is 22.6 Å². The number of aliphatic hydroxyl groups is 1. The van der Waals surface area contributed by atoms with Crippen molar-refractivity contribution in [2.24, 2.45) is 5.92 Å². The Morgan fingerprint density at radius 3 is 2.81 bits per heavy atom. The molecule has 0 radical (unpaired) electrons. The minimum Gasteiger partial charge on any atom is -0.453 e. The van der Waals surface area contributed by atoms with Crippen molar-refractivity contribution in [2.45, 2.75) is 51.9 Å². The minimum atomic E-state index is -0.348. The molecule has 27 heavy (non-hydrogen) atoms. The van der Waals surface area contributed by atoms with Gasteiger partial charge in [-0.1, -0.05) is 6.42 Å². The predicted molar refractivity (Wildman–Crippen MR) is 95.4 cm³/mol. The first kappa shape index (κ1) is 17.8. The summed E-state index contributed by atoms with van der Waals surface area (Å²) in [4.78, 5) is 26.6. The number of nitrogens with one attached hydrogen (secondary N) is 1. The van der Waals surface area contributed by atoms with Crippen LogP contribution in [0.25, 0.3) is 0 Å². The van der Waals surface area contributed by atoms with Crippen molar-refractivity contribution in [3.63, 3.8) is 0 Å². The molecule has 144 valence electrons. The van der Waals surface area contributed by atoms with Crippen LogP contribution >= 0.6 is 0 Å². The zero-order chi connectivity index (χ0) is 18.8. The van der Waals surface area contributed by atoms with Crippen molar-refractivity contribution in [1.29, 1.82) is 0 Å². The summed E-state index contributed by atoms with van der Waals surface area (Å²) >= 11 is 0. The van der Waals surface area contributed by atoms with Gasteiger partial charge in [-0.25, -0.2) is 0 Å². The van der Waals surface area contributed by atoms with Gasteiger partial charge in [0.2, 0.25) is 5.91 Å². The van der Waals surface area contributed by atoms with Gasteiger partial charge in [0.15, 0.2) is 5.76 Å². The van der Waals surface area contributed by atoms with Crippen LogP contribution in [0.1, 0.15) is 53.4 Å². The molecule has 2 aromatic heterocycles. The van der Waals surface area contributed by atoms with Gasteiger partial charge in [0.1, 0.15) is 12.4 Å². The first-order valence-electron chi connectivity index (χ1n) is 9.46. The normalized spacial score (nSPS) is 17.1. The molecule has 0 aromatic carbocycles. The van der Waals surface area contributed by atoms with Crippen molar-refractivity contribution in [1.82, 2.24) is 20.0 Å². The van der Waals surface area contributed by atoms with E-state index < -0.39 is 0 Å². The highest BCUT2D eigenvalue weighted by Gasteiger charge is 2.30. The van der Waals surface area contributed by atoms with Gasteiger partial charge in [0, 0.05) is 19.0 Å². The first-order chi connectivity index (χ1) is 13.1. The molecule has 3 heterocycles. The molecule has 1 saturated carbocycles. The lowest BCUT2D eigenvalue weighted by atomic mass is 9.84. The Kier molecular flexibility index (Phi) is 4.98. The van der Waals surface area contributed by atoms with Crippen LogP contribution < -0.4 is 5.32 Å². The lowest BCUT2D eigenvalue weighted by Gasteiger charge is -2.30. The summed E-state index contributed by atoms with van der Waals surface area (Å²) in [6.45, 7) is 2.17. The van der Waals surface area contributed by atoms with Gasteiger partial charge in [0.05, 0.1) is 24.5 Å². The molecule has 0 atom stereocenters. The van der Waals surface area contributed by atoms with Crippen LogP contribution in [0.4, 0.5) is 0 Å². The Labute approximate surface area is 157 Å². The standard InChI is InChI=1S/C19H24N4O4/c24-12-16-5-6-17(27-16)18(25)20-10-14-9-15-11-22(7-2-8-23(15)21-14)19(26)13-3-1-4-13/h5-6,9,13,24H,1-4,7-8,10-12H2,(H,20,25). The summed E-state index contributed by atoms with van der Waals surface area (Å²) in [7, 11) is 0. The number of carbonyl (C=O) groups excluding carboxylic acids is 2. The molecule has 0 spiro atoms. The van der Waals surface area contributed by atoms with Crippen LogP contribution in [0.5, 0.6) is 0 Å². The number of carbonyl (C=O) groups is 2. The number of furan rings is 1. The van der Waals surface area contributed by atoms with Crippen molar-refractivity contribution in [2.75, 3.05) is 6.54 Å². The Morgan fingerprint density at radius 2 is 2.11 bits per heavy atom. The summed E-state index contributed by atoms with van der Waals surface area (Å²) in [6.07, 6.45) is 4.06. The molecule has 0 saturated heterocycles. The number of hydrogen-bond donors (Lipinski definition) is 2. The average molecular weight is 372 g/mol. The van der Waals surface area contributed by atoms with Crippen molar-refractivity contribution in [3.8, 4) is 0 Å². The van der Waals surface area contributed by atoms with Gasteiger partial charge in [0.25, 0.3) is 5.91 Å².